The number of benzene rings is 1. The minimum atomic E-state index is -3.59. The molecular weight excluding hydrogens is 364 g/mol. The van der Waals surface area contributed by atoms with Gasteiger partial charge in [-0.25, -0.2) is 22.3 Å². The van der Waals surface area contributed by atoms with Gasteiger partial charge in [-0.05, 0) is 37.5 Å². The predicted octanol–water partition coefficient (Wildman–Crippen LogP) is 2.03. The molecule has 0 amide bonds. The summed E-state index contributed by atoms with van der Waals surface area (Å²) >= 11 is 0. The van der Waals surface area contributed by atoms with Crippen molar-refractivity contribution in [2.75, 3.05) is 13.1 Å². The fourth-order valence-corrected chi connectivity index (χ4v) is 4.89. The maximum absolute atomic E-state index is 12.9. The van der Waals surface area contributed by atoms with Crippen LogP contribution in [-0.2, 0) is 16.6 Å². The molecule has 7 nitrogen and oxygen atoms in total. The van der Waals surface area contributed by atoms with Crippen LogP contribution in [0.1, 0.15) is 30.4 Å². The zero-order chi connectivity index (χ0) is 19.0. The molecule has 1 aromatic carbocycles. The topological polar surface area (TPSA) is 76.7 Å². The van der Waals surface area contributed by atoms with Gasteiger partial charge in [0.1, 0.15) is 0 Å². The number of nitrogens with zero attached hydrogens (tertiary/aromatic N) is 4. The number of aryl methyl sites for hydroxylation is 1. The van der Waals surface area contributed by atoms with Gasteiger partial charge in [-0.15, -0.1) is 5.10 Å². The molecule has 0 N–H and O–H groups in total. The van der Waals surface area contributed by atoms with Gasteiger partial charge in [-0.1, -0.05) is 36.2 Å². The van der Waals surface area contributed by atoms with E-state index >= 15 is 0 Å². The summed E-state index contributed by atoms with van der Waals surface area (Å²) in [5.41, 5.74) is 2.20. The van der Waals surface area contributed by atoms with Crippen LogP contribution in [0.3, 0.4) is 0 Å². The van der Waals surface area contributed by atoms with Gasteiger partial charge in [0.05, 0.1) is 11.4 Å². The van der Waals surface area contributed by atoms with Crippen LogP contribution in [-0.4, -0.2) is 40.0 Å². The Morgan fingerprint density at radius 2 is 1.70 bits per heavy atom. The third-order valence-electron chi connectivity index (χ3n) is 4.96. The maximum Gasteiger partial charge on any atom is 0.350 e. The standard InChI is InChI=1S/C19H22N4O3S/c1-15-5-7-16(8-6-15)13-23-19(24)22-14-17(9-10-18(22)20-23)27(25,26)21-11-3-2-4-12-21/h5-10,14H,2-4,11-13H2,1H3. The van der Waals surface area contributed by atoms with E-state index in [2.05, 4.69) is 5.10 Å². The minimum absolute atomic E-state index is 0.133. The number of rotatable bonds is 4. The molecule has 0 aliphatic carbocycles. The average molecular weight is 386 g/mol. The summed E-state index contributed by atoms with van der Waals surface area (Å²) in [6, 6.07) is 11.0. The van der Waals surface area contributed by atoms with Crippen LogP contribution in [0.5, 0.6) is 0 Å². The molecule has 1 aliphatic rings. The third-order valence-corrected chi connectivity index (χ3v) is 6.84. The first-order chi connectivity index (χ1) is 12.9. The molecule has 1 fully saturated rings. The van der Waals surface area contributed by atoms with Gasteiger partial charge in [-0.3, -0.25) is 0 Å². The summed E-state index contributed by atoms with van der Waals surface area (Å²) in [5, 5.41) is 4.32. The van der Waals surface area contributed by atoms with Crippen molar-refractivity contribution in [2.24, 2.45) is 0 Å². The Kier molecular flexibility index (Phi) is 4.61. The monoisotopic (exact) mass is 386 g/mol. The molecule has 142 valence electrons. The second-order valence-electron chi connectivity index (χ2n) is 6.98. The molecule has 0 saturated carbocycles. The van der Waals surface area contributed by atoms with E-state index in [-0.39, 0.29) is 10.6 Å². The highest BCUT2D eigenvalue weighted by Gasteiger charge is 2.26. The molecule has 27 heavy (non-hydrogen) atoms. The molecule has 2 aromatic heterocycles. The summed E-state index contributed by atoms with van der Waals surface area (Å²) in [4.78, 5) is 12.8. The molecule has 8 heteroatoms. The normalized spacial score (nSPS) is 16.0. The first-order valence-electron chi connectivity index (χ1n) is 9.10. The van der Waals surface area contributed by atoms with Crippen molar-refractivity contribution < 1.29 is 8.42 Å². The molecule has 0 spiro atoms. The lowest BCUT2D eigenvalue weighted by molar-refractivity contribution is 0.346. The van der Waals surface area contributed by atoms with E-state index in [9.17, 15) is 13.2 Å². The van der Waals surface area contributed by atoms with Crippen molar-refractivity contribution >= 4 is 15.7 Å². The van der Waals surface area contributed by atoms with Gasteiger partial charge < -0.3 is 0 Å². The lowest BCUT2D eigenvalue weighted by atomic mass is 10.1. The second kappa shape index (κ2) is 6.94. The second-order valence-corrected chi connectivity index (χ2v) is 8.92. The molecule has 0 radical (unpaired) electrons. The first-order valence-corrected chi connectivity index (χ1v) is 10.5. The number of hydrogen-bond donors (Lipinski definition) is 0. The smallest absolute Gasteiger partial charge is 0.249 e. The van der Waals surface area contributed by atoms with E-state index in [1.807, 2.05) is 31.2 Å². The Hall–Kier alpha value is -2.45. The van der Waals surface area contributed by atoms with E-state index in [0.29, 0.717) is 25.3 Å². The number of fused-ring (bicyclic) bond motifs is 1. The number of sulfonamides is 1. The van der Waals surface area contributed by atoms with Crippen LogP contribution in [0.25, 0.3) is 5.65 Å². The number of hydrogen-bond acceptors (Lipinski definition) is 4. The Balaban J connectivity index is 1.69. The van der Waals surface area contributed by atoms with Crippen molar-refractivity contribution in [3.8, 4) is 0 Å². The summed E-state index contributed by atoms with van der Waals surface area (Å²) in [5.74, 6) is 0. The molecule has 1 saturated heterocycles. The highest BCUT2D eigenvalue weighted by atomic mass is 32.2. The fraction of sp³-hybridized carbons (Fsp3) is 0.368. The highest BCUT2D eigenvalue weighted by molar-refractivity contribution is 7.89. The van der Waals surface area contributed by atoms with E-state index in [1.165, 1.54) is 25.7 Å². The Morgan fingerprint density at radius 3 is 2.41 bits per heavy atom. The van der Waals surface area contributed by atoms with Gasteiger partial charge in [-0.2, -0.15) is 4.31 Å². The van der Waals surface area contributed by atoms with Crippen LogP contribution >= 0.6 is 0 Å². The van der Waals surface area contributed by atoms with Crippen molar-refractivity contribution in [1.82, 2.24) is 18.5 Å². The zero-order valence-electron chi connectivity index (χ0n) is 15.2. The largest absolute Gasteiger partial charge is 0.350 e. The number of aromatic nitrogens is 3. The van der Waals surface area contributed by atoms with Gasteiger partial charge in [0, 0.05) is 19.3 Å². The van der Waals surface area contributed by atoms with Gasteiger partial charge in [0.2, 0.25) is 10.0 Å². The number of pyridine rings is 1. The summed E-state index contributed by atoms with van der Waals surface area (Å²) in [6.07, 6.45) is 4.18. The van der Waals surface area contributed by atoms with E-state index in [0.717, 1.165) is 30.4 Å². The first kappa shape index (κ1) is 17.9. The van der Waals surface area contributed by atoms with Crippen molar-refractivity contribution in [3.05, 3.63) is 64.2 Å². The van der Waals surface area contributed by atoms with E-state index in [4.69, 9.17) is 0 Å². The lowest BCUT2D eigenvalue weighted by Gasteiger charge is -2.25. The van der Waals surface area contributed by atoms with Crippen LogP contribution in [0.2, 0.25) is 0 Å². The van der Waals surface area contributed by atoms with Gasteiger partial charge in [0.25, 0.3) is 0 Å². The Bertz CT molecular complexity index is 1120. The summed E-state index contributed by atoms with van der Waals surface area (Å²) < 4.78 is 29.9. The molecule has 0 bridgehead atoms. The average Bonchev–Trinajstić information content (AvgIpc) is 2.99. The molecule has 1 aliphatic heterocycles. The molecular formula is C19H22N4O3S. The van der Waals surface area contributed by atoms with Crippen LogP contribution in [0, 0.1) is 6.92 Å². The Labute approximate surface area is 157 Å². The molecule has 4 rings (SSSR count). The molecule has 0 unspecified atom stereocenters. The van der Waals surface area contributed by atoms with Crippen molar-refractivity contribution in [3.63, 3.8) is 0 Å². The summed E-state index contributed by atoms with van der Waals surface area (Å²) in [7, 11) is -3.59. The van der Waals surface area contributed by atoms with Gasteiger partial charge in [0.15, 0.2) is 5.65 Å². The number of piperidine rings is 1. The van der Waals surface area contributed by atoms with E-state index in [1.54, 1.807) is 6.07 Å². The van der Waals surface area contributed by atoms with Gasteiger partial charge >= 0.3 is 5.69 Å². The minimum Gasteiger partial charge on any atom is -0.249 e. The van der Waals surface area contributed by atoms with Crippen molar-refractivity contribution in [1.29, 1.82) is 0 Å². The fourth-order valence-electron chi connectivity index (χ4n) is 3.38. The van der Waals surface area contributed by atoms with E-state index < -0.39 is 10.0 Å². The van der Waals surface area contributed by atoms with Crippen LogP contribution < -0.4 is 5.69 Å². The lowest BCUT2D eigenvalue weighted by Crippen LogP contribution is -2.35. The SMILES string of the molecule is Cc1ccc(Cn2nc3ccc(S(=O)(=O)N4CCCCC4)cn3c2=O)cc1. The zero-order valence-corrected chi connectivity index (χ0v) is 16.0. The predicted molar refractivity (Wildman–Crippen MR) is 102 cm³/mol. The summed E-state index contributed by atoms with van der Waals surface area (Å²) in [6.45, 7) is 3.41. The van der Waals surface area contributed by atoms with Crippen molar-refractivity contribution in [2.45, 2.75) is 37.6 Å². The molecule has 0 atom stereocenters. The molecule has 3 aromatic rings. The van der Waals surface area contributed by atoms with Crippen LogP contribution in [0.4, 0.5) is 0 Å². The highest BCUT2D eigenvalue weighted by Crippen LogP contribution is 2.20. The Morgan fingerprint density at radius 1 is 1.00 bits per heavy atom. The van der Waals surface area contributed by atoms with Crippen LogP contribution in [0.15, 0.2) is 52.3 Å². The quantitative estimate of drug-likeness (QED) is 0.687. The molecule has 3 heterocycles. The third kappa shape index (κ3) is 3.42. The maximum atomic E-state index is 12.9.